The maximum atomic E-state index is 14.7. The van der Waals surface area contributed by atoms with E-state index in [1.807, 2.05) is 61.5 Å². The van der Waals surface area contributed by atoms with Gasteiger partial charge >= 0.3 is 0 Å². The molecule has 0 spiro atoms. The van der Waals surface area contributed by atoms with Crippen molar-refractivity contribution in [3.63, 3.8) is 0 Å². The lowest BCUT2D eigenvalue weighted by molar-refractivity contribution is -0.140. The number of ether oxygens (including phenoxy) is 1. The molecular weight excluding hydrogens is 646 g/mol. The summed E-state index contributed by atoms with van der Waals surface area (Å²) in [5.41, 5.74) is 3.05. The Bertz CT molecular complexity index is 1760. The molecule has 10 heteroatoms. The van der Waals surface area contributed by atoms with Gasteiger partial charge in [0.15, 0.2) is 0 Å². The van der Waals surface area contributed by atoms with E-state index in [0.717, 1.165) is 53.1 Å². The first-order valence-corrected chi connectivity index (χ1v) is 18.1. The third kappa shape index (κ3) is 8.96. The second kappa shape index (κ2) is 16.2. The van der Waals surface area contributed by atoms with Gasteiger partial charge in [-0.15, -0.1) is 0 Å². The molecule has 0 heterocycles. The Balaban J connectivity index is 1.55. The molecule has 2 amide bonds. The Morgan fingerprint density at radius 3 is 2.12 bits per heavy atom. The number of anilines is 1. The van der Waals surface area contributed by atoms with Crippen LogP contribution in [-0.4, -0.2) is 50.9 Å². The predicted octanol–water partition coefficient (Wildman–Crippen LogP) is 6.94. The van der Waals surface area contributed by atoms with Crippen LogP contribution in [0.1, 0.15) is 48.8 Å². The monoisotopic (exact) mass is 687 g/mol. The minimum absolute atomic E-state index is 0.00740. The maximum absolute atomic E-state index is 14.7. The SMILES string of the molecule is COc1ccc(S(=O)(=O)N(CC(=O)N(Cc2ccc(C)cc2)C(Cc2ccccc2)C(=O)NC2CCCCC2)c2ccc(Cl)cc2)cc1. The van der Waals surface area contributed by atoms with Crippen molar-refractivity contribution in [1.82, 2.24) is 10.2 Å². The first-order valence-electron chi connectivity index (χ1n) is 16.3. The van der Waals surface area contributed by atoms with Crippen molar-refractivity contribution in [3.05, 3.63) is 125 Å². The van der Waals surface area contributed by atoms with Crippen LogP contribution in [0.3, 0.4) is 0 Å². The van der Waals surface area contributed by atoms with Gasteiger partial charge in [-0.3, -0.25) is 13.9 Å². The summed E-state index contributed by atoms with van der Waals surface area (Å²) >= 11 is 6.17. The van der Waals surface area contributed by atoms with Gasteiger partial charge in [0.05, 0.1) is 17.7 Å². The lowest BCUT2D eigenvalue weighted by atomic mass is 9.94. The van der Waals surface area contributed by atoms with Gasteiger partial charge in [0.2, 0.25) is 11.8 Å². The minimum Gasteiger partial charge on any atom is -0.497 e. The fourth-order valence-electron chi connectivity index (χ4n) is 6.00. The fourth-order valence-corrected chi connectivity index (χ4v) is 7.54. The molecule has 4 aromatic rings. The summed E-state index contributed by atoms with van der Waals surface area (Å²) in [6.45, 7) is 1.56. The van der Waals surface area contributed by atoms with Crippen molar-refractivity contribution in [3.8, 4) is 5.75 Å². The van der Waals surface area contributed by atoms with Gasteiger partial charge in [-0.1, -0.05) is 91.0 Å². The number of hydrogen-bond acceptors (Lipinski definition) is 5. The molecule has 1 aliphatic rings. The summed E-state index contributed by atoms with van der Waals surface area (Å²) < 4.78 is 34.8. The molecule has 1 fully saturated rings. The van der Waals surface area contributed by atoms with E-state index in [4.69, 9.17) is 16.3 Å². The van der Waals surface area contributed by atoms with Crippen molar-refractivity contribution in [2.75, 3.05) is 18.0 Å². The number of carbonyl (C=O) groups is 2. The quantitative estimate of drug-likeness (QED) is 0.164. The van der Waals surface area contributed by atoms with Crippen LogP contribution >= 0.6 is 11.6 Å². The number of hydrogen-bond donors (Lipinski definition) is 1. The number of rotatable bonds is 13. The van der Waals surface area contributed by atoms with E-state index in [2.05, 4.69) is 5.32 Å². The molecular formula is C38H42ClN3O5S. The highest BCUT2D eigenvalue weighted by molar-refractivity contribution is 7.92. The highest BCUT2D eigenvalue weighted by Gasteiger charge is 2.35. The topological polar surface area (TPSA) is 96.0 Å². The number of halogens is 1. The van der Waals surface area contributed by atoms with Crippen molar-refractivity contribution >= 4 is 39.1 Å². The zero-order valence-corrected chi connectivity index (χ0v) is 28.9. The lowest BCUT2D eigenvalue weighted by Gasteiger charge is -2.35. The fraction of sp³-hybridized carbons (Fsp3) is 0.316. The van der Waals surface area contributed by atoms with Crippen LogP contribution in [0.25, 0.3) is 0 Å². The van der Waals surface area contributed by atoms with Gasteiger partial charge in [0, 0.05) is 24.0 Å². The third-order valence-corrected chi connectivity index (χ3v) is 10.8. The van der Waals surface area contributed by atoms with Gasteiger partial charge < -0.3 is 15.0 Å². The number of nitrogens with one attached hydrogen (secondary N) is 1. The molecule has 1 atom stereocenters. The summed E-state index contributed by atoms with van der Waals surface area (Å²) in [7, 11) is -2.74. The van der Waals surface area contributed by atoms with Crippen LogP contribution in [-0.2, 0) is 32.6 Å². The zero-order valence-electron chi connectivity index (χ0n) is 27.3. The first kappa shape index (κ1) is 35.0. The molecule has 0 radical (unpaired) electrons. The molecule has 1 N–H and O–H groups in total. The van der Waals surface area contributed by atoms with E-state index in [1.54, 1.807) is 36.4 Å². The number of sulfonamides is 1. The van der Waals surface area contributed by atoms with Crippen molar-refractivity contribution < 1.29 is 22.7 Å². The number of amides is 2. The molecule has 1 unspecified atom stereocenters. The summed E-state index contributed by atoms with van der Waals surface area (Å²) in [6.07, 6.45) is 5.27. The molecule has 4 aromatic carbocycles. The van der Waals surface area contributed by atoms with Crippen LogP contribution in [0.15, 0.2) is 108 Å². The number of nitrogens with zero attached hydrogens (tertiary/aromatic N) is 2. The zero-order chi connectivity index (χ0) is 34.1. The number of aryl methyl sites for hydroxylation is 1. The van der Waals surface area contributed by atoms with Gasteiger partial charge in [0.25, 0.3) is 10.0 Å². The maximum Gasteiger partial charge on any atom is 0.264 e. The van der Waals surface area contributed by atoms with E-state index in [-0.39, 0.29) is 35.5 Å². The van der Waals surface area contributed by atoms with Crippen LogP contribution in [0, 0.1) is 6.92 Å². The Labute approximate surface area is 288 Å². The Morgan fingerprint density at radius 2 is 1.50 bits per heavy atom. The van der Waals surface area contributed by atoms with Gasteiger partial charge in [-0.2, -0.15) is 0 Å². The normalized spacial score (nSPS) is 14.1. The van der Waals surface area contributed by atoms with Gasteiger partial charge in [-0.05, 0) is 79.4 Å². The lowest BCUT2D eigenvalue weighted by Crippen LogP contribution is -2.55. The number of benzene rings is 4. The molecule has 0 saturated heterocycles. The van der Waals surface area contributed by atoms with E-state index < -0.39 is 28.5 Å². The number of carbonyl (C=O) groups excluding carboxylic acids is 2. The third-order valence-electron chi connectivity index (χ3n) is 8.74. The van der Waals surface area contributed by atoms with Crippen LogP contribution < -0.4 is 14.4 Å². The van der Waals surface area contributed by atoms with E-state index in [1.165, 1.54) is 24.1 Å². The van der Waals surface area contributed by atoms with Crippen LogP contribution in [0.2, 0.25) is 5.02 Å². The molecule has 48 heavy (non-hydrogen) atoms. The average molecular weight is 688 g/mol. The van der Waals surface area contributed by atoms with E-state index >= 15 is 0 Å². The standard InChI is InChI=1S/C38H42ClN3O5S/c1-28-13-15-30(16-14-28)26-41(36(25-29-9-5-3-6-10-29)38(44)40-32-11-7-4-8-12-32)37(43)27-42(33-19-17-31(39)18-20-33)48(45,46)35-23-21-34(47-2)22-24-35/h3,5-6,9-10,13-24,32,36H,4,7-8,11-12,25-27H2,1-2H3,(H,40,44). The van der Waals surface area contributed by atoms with Crippen molar-refractivity contribution in [1.29, 1.82) is 0 Å². The Morgan fingerprint density at radius 1 is 0.854 bits per heavy atom. The van der Waals surface area contributed by atoms with Crippen molar-refractivity contribution in [2.24, 2.45) is 0 Å². The largest absolute Gasteiger partial charge is 0.497 e. The highest BCUT2D eigenvalue weighted by Crippen LogP contribution is 2.28. The summed E-state index contributed by atoms with van der Waals surface area (Å²) in [6, 6.07) is 28.8. The van der Waals surface area contributed by atoms with Crippen LogP contribution in [0.4, 0.5) is 5.69 Å². The molecule has 0 aromatic heterocycles. The Hall–Kier alpha value is -4.34. The summed E-state index contributed by atoms with van der Waals surface area (Å²) in [5.74, 6) is -0.260. The van der Waals surface area contributed by atoms with Gasteiger partial charge in [-0.25, -0.2) is 8.42 Å². The predicted molar refractivity (Wildman–Crippen MR) is 190 cm³/mol. The molecule has 1 saturated carbocycles. The molecule has 5 rings (SSSR count). The smallest absolute Gasteiger partial charge is 0.264 e. The van der Waals surface area contributed by atoms with Crippen molar-refractivity contribution in [2.45, 2.75) is 69.0 Å². The summed E-state index contributed by atoms with van der Waals surface area (Å²) in [5, 5.41) is 3.66. The van der Waals surface area contributed by atoms with E-state index in [0.29, 0.717) is 10.8 Å². The second-order valence-electron chi connectivity index (χ2n) is 12.2. The molecule has 1 aliphatic carbocycles. The Kier molecular flexibility index (Phi) is 11.8. The average Bonchev–Trinajstić information content (AvgIpc) is 3.10. The summed E-state index contributed by atoms with van der Waals surface area (Å²) in [4.78, 5) is 30.4. The highest BCUT2D eigenvalue weighted by atomic mass is 35.5. The first-order chi connectivity index (χ1) is 23.1. The second-order valence-corrected chi connectivity index (χ2v) is 14.5. The molecule has 252 valence electrons. The van der Waals surface area contributed by atoms with E-state index in [9.17, 15) is 18.0 Å². The minimum atomic E-state index is -4.24. The molecule has 8 nitrogen and oxygen atoms in total. The molecule has 0 bridgehead atoms. The molecule has 0 aliphatic heterocycles. The number of methoxy groups -OCH3 is 1. The van der Waals surface area contributed by atoms with Gasteiger partial charge in [0.1, 0.15) is 18.3 Å². The van der Waals surface area contributed by atoms with Crippen LogP contribution in [0.5, 0.6) is 5.75 Å².